The van der Waals surface area contributed by atoms with E-state index in [4.69, 9.17) is 0 Å². The van der Waals surface area contributed by atoms with Gasteiger partial charge >= 0.3 is 0 Å². The molecule has 0 atom stereocenters. The van der Waals surface area contributed by atoms with Gasteiger partial charge in [-0.2, -0.15) is 0 Å². The lowest BCUT2D eigenvalue weighted by Crippen LogP contribution is -1.96. The van der Waals surface area contributed by atoms with Crippen LogP contribution in [0.2, 0.25) is 0 Å². The zero-order valence-corrected chi connectivity index (χ0v) is 11.2. The largest absolute Gasteiger partial charge is 0.337 e. The third-order valence-electron chi connectivity index (χ3n) is 3.67. The number of rotatable bonds is 1. The summed E-state index contributed by atoms with van der Waals surface area (Å²) in [4.78, 5) is 10.4. The van der Waals surface area contributed by atoms with Crippen LogP contribution in [0.4, 0.5) is 4.39 Å². The van der Waals surface area contributed by atoms with Crippen molar-refractivity contribution < 1.29 is 4.39 Å². The molecule has 1 aromatic carbocycles. The predicted octanol–water partition coefficient (Wildman–Crippen LogP) is 4.31. The molecule has 0 aliphatic heterocycles. The average Bonchev–Trinajstić information content (AvgIpc) is 3.00. The van der Waals surface area contributed by atoms with E-state index < -0.39 is 0 Å². The number of H-pyrrole nitrogens is 1. The maximum Gasteiger partial charge on any atom is 0.148 e. The molecule has 3 aromatic rings. The van der Waals surface area contributed by atoms with Crippen LogP contribution in [0.25, 0.3) is 21.7 Å². The lowest BCUT2D eigenvalue weighted by molar-refractivity contribution is 0.629. The number of benzene rings is 1. The van der Waals surface area contributed by atoms with Crippen LogP contribution in [0, 0.1) is 5.82 Å². The molecular formula is C15H13FN2S. The normalized spacial score (nSPS) is 14.8. The van der Waals surface area contributed by atoms with Crippen LogP contribution in [0.3, 0.4) is 0 Å². The first-order chi connectivity index (χ1) is 9.29. The van der Waals surface area contributed by atoms with Crippen molar-refractivity contribution in [3.8, 4) is 10.7 Å². The average molecular weight is 272 g/mol. The summed E-state index contributed by atoms with van der Waals surface area (Å²) in [5.41, 5.74) is 3.06. The van der Waals surface area contributed by atoms with Crippen molar-refractivity contribution in [3.05, 3.63) is 40.5 Å². The summed E-state index contributed by atoms with van der Waals surface area (Å²) < 4.78 is 13.2. The highest BCUT2D eigenvalue weighted by Crippen LogP contribution is 2.35. The molecule has 0 fully saturated rings. The number of thiophene rings is 1. The number of aryl methyl sites for hydroxylation is 2. The topological polar surface area (TPSA) is 28.7 Å². The number of fused-ring (bicyclic) bond motifs is 2. The third-order valence-corrected chi connectivity index (χ3v) is 4.92. The monoisotopic (exact) mass is 272 g/mol. The van der Waals surface area contributed by atoms with E-state index in [9.17, 15) is 4.39 Å². The van der Waals surface area contributed by atoms with Crippen molar-refractivity contribution in [2.24, 2.45) is 0 Å². The molecule has 1 N–H and O–H groups in total. The Kier molecular flexibility index (Phi) is 2.45. The van der Waals surface area contributed by atoms with Gasteiger partial charge in [-0.25, -0.2) is 9.37 Å². The first-order valence-electron chi connectivity index (χ1n) is 6.57. The second-order valence-corrected chi connectivity index (χ2v) is 6.15. The van der Waals surface area contributed by atoms with Gasteiger partial charge in [0.15, 0.2) is 0 Å². The lowest BCUT2D eigenvalue weighted by Gasteiger charge is -2.08. The van der Waals surface area contributed by atoms with Crippen molar-refractivity contribution in [1.29, 1.82) is 0 Å². The van der Waals surface area contributed by atoms with Gasteiger partial charge in [0.05, 0.1) is 15.9 Å². The summed E-state index contributed by atoms with van der Waals surface area (Å²) in [7, 11) is 0. The SMILES string of the molecule is Fc1ccc2nc(-c3cc4c(s3)CCCC4)[nH]c2c1. The number of halogens is 1. The van der Waals surface area contributed by atoms with Gasteiger partial charge in [0.25, 0.3) is 0 Å². The van der Waals surface area contributed by atoms with Crippen molar-refractivity contribution in [2.45, 2.75) is 25.7 Å². The Balaban J connectivity index is 1.83. The Morgan fingerprint density at radius 1 is 1.16 bits per heavy atom. The molecule has 0 unspecified atom stereocenters. The van der Waals surface area contributed by atoms with Gasteiger partial charge in [-0.3, -0.25) is 0 Å². The molecule has 0 spiro atoms. The molecule has 4 rings (SSSR count). The highest BCUT2D eigenvalue weighted by atomic mass is 32.1. The Morgan fingerprint density at radius 3 is 2.95 bits per heavy atom. The molecule has 0 radical (unpaired) electrons. The number of aromatic nitrogens is 2. The van der Waals surface area contributed by atoms with E-state index in [0.717, 1.165) is 16.9 Å². The molecule has 2 nitrogen and oxygen atoms in total. The van der Waals surface area contributed by atoms with Gasteiger partial charge < -0.3 is 4.98 Å². The summed E-state index contributed by atoms with van der Waals surface area (Å²) >= 11 is 1.82. The van der Waals surface area contributed by atoms with Crippen LogP contribution >= 0.6 is 11.3 Å². The van der Waals surface area contributed by atoms with Crippen molar-refractivity contribution in [2.75, 3.05) is 0 Å². The summed E-state index contributed by atoms with van der Waals surface area (Å²) in [6, 6.07) is 6.91. The van der Waals surface area contributed by atoms with E-state index in [1.54, 1.807) is 6.07 Å². The van der Waals surface area contributed by atoms with Gasteiger partial charge in [0, 0.05) is 4.88 Å². The Bertz CT molecular complexity index is 733. The zero-order chi connectivity index (χ0) is 12.8. The lowest BCUT2D eigenvalue weighted by atomic mass is 9.99. The number of hydrogen-bond acceptors (Lipinski definition) is 2. The summed E-state index contributed by atoms with van der Waals surface area (Å²) in [5, 5.41) is 0. The standard InChI is InChI=1S/C15H13FN2S/c16-10-5-6-11-12(8-10)18-15(17-11)14-7-9-3-1-2-4-13(9)19-14/h5-8H,1-4H2,(H,17,18). The van der Waals surface area contributed by atoms with Crippen LogP contribution in [-0.4, -0.2) is 9.97 Å². The first-order valence-corrected chi connectivity index (χ1v) is 7.38. The minimum Gasteiger partial charge on any atom is -0.337 e. The maximum absolute atomic E-state index is 13.2. The number of imidazole rings is 1. The van der Waals surface area contributed by atoms with Crippen LogP contribution in [-0.2, 0) is 12.8 Å². The molecule has 0 saturated heterocycles. The van der Waals surface area contributed by atoms with Gasteiger partial charge in [-0.05, 0) is 55.5 Å². The first kappa shape index (κ1) is 11.2. The quantitative estimate of drug-likeness (QED) is 0.702. The van der Waals surface area contributed by atoms with E-state index in [1.807, 2.05) is 11.3 Å². The molecule has 2 aromatic heterocycles. The molecule has 0 amide bonds. The molecule has 4 heteroatoms. The number of hydrogen-bond donors (Lipinski definition) is 1. The minimum absolute atomic E-state index is 0.229. The predicted molar refractivity (Wildman–Crippen MR) is 76.0 cm³/mol. The molecule has 0 bridgehead atoms. The summed E-state index contributed by atoms with van der Waals surface area (Å²) in [6.07, 6.45) is 4.95. The molecule has 1 aliphatic rings. The van der Waals surface area contributed by atoms with Crippen molar-refractivity contribution >= 4 is 22.4 Å². The third kappa shape index (κ3) is 1.87. The van der Waals surface area contributed by atoms with Crippen LogP contribution < -0.4 is 0 Å². The molecule has 96 valence electrons. The molecule has 19 heavy (non-hydrogen) atoms. The van der Waals surface area contributed by atoms with Crippen LogP contribution in [0.5, 0.6) is 0 Å². The molecule has 2 heterocycles. The van der Waals surface area contributed by atoms with E-state index in [0.29, 0.717) is 0 Å². The van der Waals surface area contributed by atoms with Crippen LogP contribution in [0.15, 0.2) is 24.3 Å². The molecule has 1 aliphatic carbocycles. The fourth-order valence-electron chi connectivity index (χ4n) is 2.71. The van der Waals surface area contributed by atoms with Gasteiger partial charge in [-0.15, -0.1) is 11.3 Å². The zero-order valence-electron chi connectivity index (χ0n) is 10.4. The molecular weight excluding hydrogens is 259 g/mol. The van der Waals surface area contributed by atoms with Crippen molar-refractivity contribution in [1.82, 2.24) is 9.97 Å². The highest BCUT2D eigenvalue weighted by molar-refractivity contribution is 7.15. The molecule has 0 saturated carbocycles. The number of aromatic amines is 1. The second-order valence-electron chi connectivity index (χ2n) is 5.01. The highest BCUT2D eigenvalue weighted by Gasteiger charge is 2.16. The second kappa shape index (κ2) is 4.17. The Morgan fingerprint density at radius 2 is 2.05 bits per heavy atom. The number of nitrogens with one attached hydrogen (secondary N) is 1. The van der Waals surface area contributed by atoms with Gasteiger partial charge in [-0.1, -0.05) is 0 Å². The van der Waals surface area contributed by atoms with E-state index >= 15 is 0 Å². The minimum atomic E-state index is -0.229. The summed E-state index contributed by atoms with van der Waals surface area (Å²) in [5.74, 6) is 0.633. The smallest absolute Gasteiger partial charge is 0.148 e. The van der Waals surface area contributed by atoms with E-state index in [-0.39, 0.29) is 5.82 Å². The van der Waals surface area contributed by atoms with E-state index in [2.05, 4.69) is 16.0 Å². The fraction of sp³-hybridized carbons (Fsp3) is 0.267. The number of nitrogens with zero attached hydrogens (tertiary/aromatic N) is 1. The van der Waals surface area contributed by atoms with Crippen molar-refractivity contribution in [3.63, 3.8) is 0 Å². The Labute approximate surface area is 114 Å². The van der Waals surface area contributed by atoms with E-state index in [1.165, 1.54) is 53.1 Å². The summed E-state index contributed by atoms with van der Waals surface area (Å²) in [6.45, 7) is 0. The van der Waals surface area contributed by atoms with Gasteiger partial charge in [0.1, 0.15) is 11.6 Å². The van der Waals surface area contributed by atoms with Gasteiger partial charge in [0.2, 0.25) is 0 Å². The maximum atomic E-state index is 13.2. The fourth-order valence-corrected chi connectivity index (χ4v) is 3.90. The van der Waals surface area contributed by atoms with Crippen LogP contribution in [0.1, 0.15) is 23.3 Å². The Hall–Kier alpha value is -1.68.